The van der Waals surface area contributed by atoms with Crippen molar-refractivity contribution in [1.82, 2.24) is 0 Å². The summed E-state index contributed by atoms with van der Waals surface area (Å²) in [5, 5.41) is 12.8. The number of rotatable bonds is 0. The van der Waals surface area contributed by atoms with Gasteiger partial charge in [-0.05, 0) is 45.2 Å². The molecule has 0 aliphatic heterocycles. The number of benzene rings is 3. The number of aliphatic hydroxyl groups is 1. The molecule has 1 atom stereocenters. The molecular formula is C17H12O. The monoisotopic (exact) mass is 232 g/mol. The maximum atomic E-state index is 10.4. The standard InChI is InChI=1S/C17H12O/c18-17-14-8-4-3-7-13(14)15-9-11-5-1-2-6-12(11)10-16(15)17/h1-10,17-18H. The molecule has 0 spiro atoms. The maximum Gasteiger partial charge on any atom is 0.105 e. The van der Waals surface area contributed by atoms with Gasteiger partial charge in [-0.3, -0.25) is 0 Å². The predicted molar refractivity (Wildman–Crippen MR) is 73.4 cm³/mol. The average molecular weight is 232 g/mol. The molecule has 1 N–H and O–H groups in total. The first-order valence-electron chi connectivity index (χ1n) is 6.14. The molecule has 3 aromatic carbocycles. The number of fused-ring (bicyclic) bond motifs is 4. The Balaban J connectivity index is 2.10. The summed E-state index contributed by atoms with van der Waals surface area (Å²) in [7, 11) is 0. The Hall–Kier alpha value is -2.12. The molecular weight excluding hydrogens is 220 g/mol. The minimum atomic E-state index is -0.485. The summed E-state index contributed by atoms with van der Waals surface area (Å²) < 4.78 is 0. The molecule has 1 aliphatic carbocycles. The van der Waals surface area contributed by atoms with E-state index in [9.17, 15) is 5.11 Å². The van der Waals surface area contributed by atoms with Crippen molar-refractivity contribution in [3.05, 3.63) is 71.8 Å². The minimum absolute atomic E-state index is 0.485. The highest BCUT2D eigenvalue weighted by atomic mass is 16.3. The van der Waals surface area contributed by atoms with Crippen LogP contribution in [0.3, 0.4) is 0 Å². The van der Waals surface area contributed by atoms with E-state index in [-0.39, 0.29) is 0 Å². The van der Waals surface area contributed by atoms with Crippen molar-refractivity contribution in [1.29, 1.82) is 0 Å². The number of hydrogen-bond acceptors (Lipinski definition) is 1. The van der Waals surface area contributed by atoms with Crippen molar-refractivity contribution in [2.45, 2.75) is 6.10 Å². The third-order valence-corrected chi connectivity index (χ3v) is 3.76. The molecule has 0 radical (unpaired) electrons. The fourth-order valence-electron chi connectivity index (χ4n) is 2.87. The van der Waals surface area contributed by atoms with Crippen LogP contribution in [0.25, 0.3) is 21.9 Å². The number of hydrogen-bond donors (Lipinski definition) is 1. The predicted octanol–water partition coefficient (Wildman–Crippen LogP) is 3.90. The summed E-state index contributed by atoms with van der Waals surface area (Å²) in [6.07, 6.45) is -0.485. The van der Waals surface area contributed by atoms with Crippen molar-refractivity contribution >= 4 is 10.8 Å². The second-order valence-electron chi connectivity index (χ2n) is 4.78. The highest BCUT2D eigenvalue weighted by Crippen LogP contribution is 2.44. The zero-order chi connectivity index (χ0) is 12.1. The highest BCUT2D eigenvalue weighted by Gasteiger charge is 2.26. The topological polar surface area (TPSA) is 20.2 Å². The molecule has 4 rings (SSSR count). The van der Waals surface area contributed by atoms with Crippen LogP contribution in [0.1, 0.15) is 17.2 Å². The molecule has 3 aromatic rings. The Morgan fingerprint density at radius 1 is 0.667 bits per heavy atom. The summed E-state index contributed by atoms with van der Waals surface area (Å²) >= 11 is 0. The molecule has 0 aromatic heterocycles. The minimum Gasteiger partial charge on any atom is -0.384 e. The van der Waals surface area contributed by atoms with Gasteiger partial charge in [-0.15, -0.1) is 0 Å². The first-order chi connectivity index (χ1) is 8.84. The van der Waals surface area contributed by atoms with Gasteiger partial charge in [-0.1, -0.05) is 48.5 Å². The Morgan fingerprint density at radius 3 is 2.17 bits per heavy atom. The molecule has 0 fully saturated rings. The molecule has 0 saturated carbocycles. The van der Waals surface area contributed by atoms with E-state index >= 15 is 0 Å². The SMILES string of the molecule is OC1c2ccccc2-c2cc3ccccc3cc21. The normalized spacial score (nSPS) is 16.6. The van der Waals surface area contributed by atoms with Crippen LogP contribution in [-0.2, 0) is 0 Å². The summed E-state index contributed by atoms with van der Waals surface area (Å²) in [5.41, 5.74) is 4.36. The van der Waals surface area contributed by atoms with Crippen molar-refractivity contribution < 1.29 is 5.11 Å². The molecule has 0 bridgehead atoms. The summed E-state index contributed by atoms with van der Waals surface area (Å²) in [6, 6.07) is 20.7. The van der Waals surface area contributed by atoms with E-state index in [0.717, 1.165) is 22.3 Å². The Labute approximate surface area is 105 Å². The van der Waals surface area contributed by atoms with Crippen LogP contribution in [0.4, 0.5) is 0 Å². The third-order valence-electron chi connectivity index (χ3n) is 3.76. The fourth-order valence-corrected chi connectivity index (χ4v) is 2.87. The fraction of sp³-hybridized carbons (Fsp3) is 0.0588. The van der Waals surface area contributed by atoms with Crippen molar-refractivity contribution in [3.8, 4) is 11.1 Å². The van der Waals surface area contributed by atoms with Crippen molar-refractivity contribution in [3.63, 3.8) is 0 Å². The van der Waals surface area contributed by atoms with Crippen LogP contribution in [-0.4, -0.2) is 5.11 Å². The second kappa shape index (κ2) is 3.44. The van der Waals surface area contributed by atoms with E-state index in [1.54, 1.807) is 0 Å². The van der Waals surface area contributed by atoms with Gasteiger partial charge in [-0.25, -0.2) is 0 Å². The third kappa shape index (κ3) is 1.20. The van der Waals surface area contributed by atoms with Gasteiger partial charge in [0.2, 0.25) is 0 Å². The van der Waals surface area contributed by atoms with Crippen LogP contribution in [0.2, 0.25) is 0 Å². The molecule has 0 saturated heterocycles. The van der Waals surface area contributed by atoms with Gasteiger partial charge in [0, 0.05) is 0 Å². The maximum absolute atomic E-state index is 10.4. The lowest BCUT2D eigenvalue weighted by Crippen LogP contribution is -1.93. The van der Waals surface area contributed by atoms with E-state index in [2.05, 4.69) is 30.3 Å². The summed E-state index contributed by atoms with van der Waals surface area (Å²) in [4.78, 5) is 0. The van der Waals surface area contributed by atoms with E-state index < -0.39 is 6.10 Å². The average Bonchev–Trinajstić information content (AvgIpc) is 2.71. The van der Waals surface area contributed by atoms with E-state index in [0.29, 0.717) is 0 Å². The molecule has 1 unspecified atom stereocenters. The molecule has 1 nitrogen and oxygen atoms in total. The lowest BCUT2D eigenvalue weighted by molar-refractivity contribution is 0.225. The van der Waals surface area contributed by atoms with Gasteiger partial charge in [0.05, 0.1) is 0 Å². The highest BCUT2D eigenvalue weighted by molar-refractivity contribution is 5.92. The smallest absolute Gasteiger partial charge is 0.105 e. The molecule has 0 amide bonds. The molecule has 1 heteroatoms. The molecule has 18 heavy (non-hydrogen) atoms. The second-order valence-corrected chi connectivity index (χ2v) is 4.78. The van der Waals surface area contributed by atoms with E-state index in [1.165, 1.54) is 10.8 Å². The van der Waals surface area contributed by atoms with Crippen LogP contribution in [0.5, 0.6) is 0 Å². The van der Waals surface area contributed by atoms with Gasteiger partial charge in [0.1, 0.15) is 6.10 Å². The van der Waals surface area contributed by atoms with E-state index in [1.807, 2.05) is 30.3 Å². The van der Waals surface area contributed by atoms with Gasteiger partial charge >= 0.3 is 0 Å². The van der Waals surface area contributed by atoms with E-state index in [4.69, 9.17) is 0 Å². The zero-order valence-corrected chi connectivity index (χ0v) is 9.80. The van der Waals surface area contributed by atoms with Crippen molar-refractivity contribution in [2.75, 3.05) is 0 Å². The summed E-state index contributed by atoms with van der Waals surface area (Å²) in [6.45, 7) is 0. The van der Waals surface area contributed by atoms with Crippen molar-refractivity contribution in [2.24, 2.45) is 0 Å². The Kier molecular flexibility index (Phi) is 1.88. The van der Waals surface area contributed by atoms with Gasteiger partial charge in [0.25, 0.3) is 0 Å². The van der Waals surface area contributed by atoms with Gasteiger partial charge in [0.15, 0.2) is 0 Å². The first-order valence-corrected chi connectivity index (χ1v) is 6.14. The molecule has 0 heterocycles. The number of aliphatic hydroxyl groups excluding tert-OH is 1. The van der Waals surface area contributed by atoms with Crippen LogP contribution >= 0.6 is 0 Å². The molecule has 86 valence electrons. The van der Waals surface area contributed by atoms with Gasteiger partial charge < -0.3 is 5.11 Å². The Morgan fingerprint density at radius 2 is 1.33 bits per heavy atom. The molecule has 1 aliphatic rings. The zero-order valence-electron chi connectivity index (χ0n) is 9.80. The summed E-state index contributed by atoms with van der Waals surface area (Å²) in [5.74, 6) is 0. The van der Waals surface area contributed by atoms with Crippen LogP contribution in [0.15, 0.2) is 60.7 Å². The van der Waals surface area contributed by atoms with Gasteiger partial charge in [-0.2, -0.15) is 0 Å². The largest absolute Gasteiger partial charge is 0.384 e. The lowest BCUT2D eigenvalue weighted by atomic mass is 10.0. The lowest BCUT2D eigenvalue weighted by Gasteiger charge is -2.06. The Bertz CT molecular complexity index is 758. The quantitative estimate of drug-likeness (QED) is 0.623. The first kappa shape index (κ1) is 9.86. The van der Waals surface area contributed by atoms with Crippen LogP contribution < -0.4 is 0 Å². The van der Waals surface area contributed by atoms with Crippen LogP contribution in [0, 0.1) is 0 Å².